The molecule has 3 heterocycles. The third-order valence-corrected chi connectivity index (χ3v) is 7.16. The van der Waals surface area contributed by atoms with Gasteiger partial charge < -0.3 is 4.74 Å². The maximum atomic E-state index is 12.7. The first-order valence-corrected chi connectivity index (χ1v) is 11.7. The number of aliphatic imine (C=N–C) groups is 1. The fourth-order valence-corrected chi connectivity index (χ4v) is 5.22. The average molecular weight is 477 g/mol. The fourth-order valence-electron chi connectivity index (χ4n) is 3.89. The molecule has 33 heavy (non-hydrogen) atoms. The molecule has 0 saturated carbocycles. The maximum absolute atomic E-state index is 12.7. The Kier molecular flexibility index (Phi) is 5.60. The molecule has 1 aliphatic heterocycles. The van der Waals surface area contributed by atoms with Crippen LogP contribution >= 0.6 is 22.9 Å². The number of carbonyl (C=O) groups is 1. The van der Waals surface area contributed by atoms with Gasteiger partial charge in [0.1, 0.15) is 23.5 Å². The van der Waals surface area contributed by atoms with Crippen LogP contribution in [0.3, 0.4) is 0 Å². The van der Waals surface area contributed by atoms with Gasteiger partial charge in [0.05, 0.1) is 11.3 Å². The number of thiophene rings is 1. The van der Waals surface area contributed by atoms with Crippen molar-refractivity contribution in [3.8, 4) is 5.00 Å². The van der Waals surface area contributed by atoms with Gasteiger partial charge in [0, 0.05) is 21.0 Å². The molecule has 5 rings (SSSR count). The van der Waals surface area contributed by atoms with Crippen molar-refractivity contribution in [2.24, 2.45) is 4.99 Å². The lowest BCUT2D eigenvalue weighted by atomic mass is 9.99. The molecule has 1 aliphatic rings. The lowest BCUT2D eigenvalue weighted by molar-refractivity contribution is 0.0345. The predicted octanol–water partition coefficient (Wildman–Crippen LogP) is 5.87. The molecule has 0 aliphatic carbocycles. The summed E-state index contributed by atoms with van der Waals surface area (Å²) >= 11 is 7.50. The summed E-state index contributed by atoms with van der Waals surface area (Å²) in [4.78, 5) is 18.5. The van der Waals surface area contributed by atoms with Crippen LogP contribution in [0.15, 0.2) is 59.6 Å². The van der Waals surface area contributed by atoms with Crippen LogP contribution in [0.4, 0.5) is 0 Å². The van der Waals surface area contributed by atoms with Crippen LogP contribution in [-0.2, 0) is 11.3 Å². The second kappa shape index (κ2) is 8.57. The van der Waals surface area contributed by atoms with Crippen LogP contribution in [0, 0.1) is 13.8 Å². The van der Waals surface area contributed by atoms with Crippen molar-refractivity contribution in [3.63, 3.8) is 0 Å². The van der Waals surface area contributed by atoms with E-state index in [0.717, 1.165) is 43.9 Å². The minimum Gasteiger partial charge on any atom is -0.453 e. The number of rotatable bonds is 4. The first-order valence-electron chi connectivity index (χ1n) is 10.5. The van der Waals surface area contributed by atoms with Crippen molar-refractivity contribution in [2.75, 3.05) is 0 Å². The van der Waals surface area contributed by atoms with Crippen molar-refractivity contribution < 1.29 is 9.53 Å². The molecular weight excluding hydrogens is 456 g/mol. The molecule has 0 N–H and O–H groups in total. The molecule has 0 radical (unpaired) electrons. The molecule has 1 unspecified atom stereocenters. The van der Waals surface area contributed by atoms with E-state index < -0.39 is 12.1 Å². The van der Waals surface area contributed by atoms with Gasteiger partial charge in [-0.3, -0.25) is 9.56 Å². The summed E-state index contributed by atoms with van der Waals surface area (Å²) in [6, 6.07) is 17.0. The maximum Gasteiger partial charge on any atom is 0.338 e. The lowest BCUT2D eigenvalue weighted by Crippen LogP contribution is -2.08. The van der Waals surface area contributed by atoms with Gasteiger partial charge in [-0.15, -0.1) is 21.5 Å². The van der Waals surface area contributed by atoms with Crippen molar-refractivity contribution in [1.82, 2.24) is 14.8 Å². The van der Waals surface area contributed by atoms with Gasteiger partial charge in [-0.05, 0) is 56.7 Å². The van der Waals surface area contributed by atoms with Crippen LogP contribution in [-0.4, -0.2) is 26.4 Å². The highest BCUT2D eigenvalue weighted by molar-refractivity contribution is 7.15. The topological polar surface area (TPSA) is 69.4 Å². The van der Waals surface area contributed by atoms with Crippen molar-refractivity contribution >= 4 is 34.6 Å². The number of nitrogens with zero attached hydrogens (tertiary/aromatic N) is 4. The Morgan fingerprint density at radius 1 is 1.09 bits per heavy atom. The molecule has 0 saturated heterocycles. The highest BCUT2D eigenvalue weighted by Gasteiger charge is 2.27. The smallest absolute Gasteiger partial charge is 0.338 e. The fraction of sp³-hybridized carbons (Fsp3) is 0.200. The minimum absolute atomic E-state index is 0.392. The van der Waals surface area contributed by atoms with Crippen LogP contribution in [0.5, 0.6) is 0 Å². The Morgan fingerprint density at radius 3 is 2.61 bits per heavy atom. The largest absolute Gasteiger partial charge is 0.453 e. The number of aryl methyl sites for hydroxylation is 2. The van der Waals surface area contributed by atoms with E-state index >= 15 is 0 Å². The predicted molar refractivity (Wildman–Crippen MR) is 130 cm³/mol. The highest BCUT2D eigenvalue weighted by atomic mass is 35.5. The average Bonchev–Trinajstić information content (AvgIpc) is 3.35. The number of hydrogen-bond donors (Lipinski definition) is 0. The zero-order valence-electron chi connectivity index (χ0n) is 18.4. The Bertz CT molecular complexity index is 1390. The molecular formula is C25H21ClN4O2S. The standard InChI is InChI=1S/C25H21ClN4O2S/c1-14-6-4-5-7-19(14)23-20-12-21(15(2)32-25(31)17-8-10-18(26)11-9-17)33-24(20)30-16(3)28-29-22(30)13-27-23/h4-12,15H,13H2,1-3H3. The van der Waals surface area contributed by atoms with E-state index in [9.17, 15) is 4.79 Å². The number of hydrogen-bond acceptors (Lipinski definition) is 6. The van der Waals surface area contributed by atoms with Crippen LogP contribution < -0.4 is 0 Å². The summed E-state index contributed by atoms with van der Waals surface area (Å²) in [5.74, 6) is 1.19. The van der Waals surface area contributed by atoms with Crippen molar-refractivity contribution in [2.45, 2.75) is 33.4 Å². The SMILES string of the molecule is Cc1ccccc1C1=NCc2nnc(C)n2-c2sc(C(C)OC(=O)c3ccc(Cl)cc3)cc21. The van der Waals surface area contributed by atoms with Gasteiger partial charge in [-0.2, -0.15) is 0 Å². The van der Waals surface area contributed by atoms with E-state index in [2.05, 4.69) is 35.3 Å². The highest BCUT2D eigenvalue weighted by Crippen LogP contribution is 2.37. The summed E-state index contributed by atoms with van der Waals surface area (Å²) < 4.78 is 7.83. The molecule has 0 bridgehead atoms. The van der Waals surface area contributed by atoms with Gasteiger partial charge in [0.2, 0.25) is 0 Å². The second-order valence-electron chi connectivity index (χ2n) is 7.90. The molecule has 2 aromatic heterocycles. The van der Waals surface area contributed by atoms with Gasteiger partial charge >= 0.3 is 5.97 Å². The molecule has 8 heteroatoms. The molecule has 166 valence electrons. The number of benzene rings is 2. The first-order chi connectivity index (χ1) is 15.9. The number of aromatic nitrogens is 3. The normalized spacial score (nSPS) is 13.5. The number of esters is 1. The van der Waals surface area contributed by atoms with E-state index in [4.69, 9.17) is 21.3 Å². The zero-order valence-corrected chi connectivity index (χ0v) is 19.9. The third-order valence-electron chi connectivity index (χ3n) is 5.62. The van der Waals surface area contributed by atoms with E-state index in [-0.39, 0.29) is 0 Å². The quantitative estimate of drug-likeness (QED) is 0.345. The summed E-state index contributed by atoms with van der Waals surface area (Å²) in [7, 11) is 0. The molecule has 4 aromatic rings. The Hall–Kier alpha value is -3.29. The number of carbonyl (C=O) groups excluding carboxylic acids is 1. The molecule has 0 fully saturated rings. The monoisotopic (exact) mass is 476 g/mol. The summed E-state index contributed by atoms with van der Waals surface area (Å²) in [5.41, 5.74) is 4.58. The summed E-state index contributed by atoms with van der Waals surface area (Å²) in [6.07, 6.45) is -0.441. The van der Waals surface area contributed by atoms with Gasteiger partial charge in [-0.1, -0.05) is 35.9 Å². The number of ether oxygens (including phenoxy) is 1. The second-order valence-corrected chi connectivity index (χ2v) is 9.40. The van der Waals surface area contributed by atoms with Crippen molar-refractivity contribution in [3.05, 3.63) is 98.4 Å². The van der Waals surface area contributed by atoms with Crippen molar-refractivity contribution in [1.29, 1.82) is 0 Å². The van der Waals surface area contributed by atoms with Crippen LogP contribution in [0.2, 0.25) is 5.02 Å². The van der Waals surface area contributed by atoms with Gasteiger partial charge in [0.25, 0.3) is 0 Å². The molecule has 6 nitrogen and oxygen atoms in total. The third kappa shape index (κ3) is 3.98. The molecule has 0 spiro atoms. The molecule has 0 amide bonds. The zero-order chi connectivity index (χ0) is 23.1. The van der Waals surface area contributed by atoms with E-state index in [1.807, 2.05) is 30.5 Å². The number of halogens is 1. The molecule has 2 aromatic carbocycles. The minimum atomic E-state index is -0.441. The Balaban J connectivity index is 1.55. The Morgan fingerprint density at radius 2 is 1.85 bits per heavy atom. The summed E-state index contributed by atoms with van der Waals surface area (Å²) in [5, 5.41) is 10.1. The van der Waals surface area contributed by atoms with Gasteiger partial charge in [-0.25, -0.2) is 4.79 Å². The van der Waals surface area contributed by atoms with Crippen LogP contribution in [0.25, 0.3) is 5.00 Å². The van der Waals surface area contributed by atoms with Gasteiger partial charge in [0.15, 0.2) is 5.82 Å². The van der Waals surface area contributed by atoms with E-state index in [0.29, 0.717) is 17.1 Å². The van der Waals surface area contributed by atoms with E-state index in [1.165, 1.54) is 0 Å². The lowest BCUT2D eigenvalue weighted by Gasteiger charge is -2.12. The van der Waals surface area contributed by atoms with E-state index in [1.54, 1.807) is 35.6 Å². The number of fused-ring (bicyclic) bond motifs is 3. The Labute approximate surface area is 200 Å². The summed E-state index contributed by atoms with van der Waals surface area (Å²) in [6.45, 7) is 6.34. The first kappa shape index (κ1) is 21.6. The molecule has 1 atom stereocenters. The van der Waals surface area contributed by atoms with Crippen LogP contribution in [0.1, 0.15) is 56.6 Å².